The monoisotopic (exact) mass is 460 g/mol. The zero-order chi connectivity index (χ0) is 23.7. The van der Waals surface area contributed by atoms with Crippen LogP contribution in [-0.4, -0.2) is 25.3 Å². The van der Waals surface area contributed by atoms with Crippen molar-refractivity contribution in [2.45, 2.75) is 32.1 Å². The minimum absolute atomic E-state index is 0.200. The van der Waals surface area contributed by atoms with E-state index in [1.165, 1.54) is 12.1 Å². The predicted molar refractivity (Wildman–Crippen MR) is 129 cm³/mol. The van der Waals surface area contributed by atoms with Crippen LogP contribution >= 0.6 is 0 Å². The Balaban J connectivity index is 1.36. The summed E-state index contributed by atoms with van der Waals surface area (Å²) in [6.45, 7) is 6.03. The first kappa shape index (κ1) is 22.4. The number of nitrogens with one attached hydrogen (secondary N) is 2. The van der Waals surface area contributed by atoms with Crippen molar-refractivity contribution in [3.05, 3.63) is 89.7 Å². The van der Waals surface area contributed by atoms with Crippen LogP contribution < -0.4 is 15.4 Å². The van der Waals surface area contributed by atoms with Gasteiger partial charge in [0.2, 0.25) is 0 Å². The van der Waals surface area contributed by atoms with Gasteiger partial charge in [-0.15, -0.1) is 0 Å². The van der Waals surface area contributed by atoms with E-state index in [4.69, 9.17) is 9.47 Å². The molecule has 2 aliphatic rings. The highest BCUT2D eigenvalue weighted by Gasteiger charge is 2.55. The van der Waals surface area contributed by atoms with E-state index in [1.54, 1.807) is 12.1 Å². The van der Waals surface area contributed by atoms with E-state index >= 15 is 0 Å². The van der Waals surface area contributed by atoms with Crippen molar-refractivity contribution in [1.29, 1.82) is 0 Å². The average Bonchev–Trinajstić information content (AvgIpc) is 3.23. The largest absolute Gasteiger partial charge is 0.490 e. The fourth-order valence-electron chi connectivity index (χ4n) is 4.62. The summed E-state index contributed by atoms with van der Waals surface area (Å²) in [6.07, 6.45) is -0.282. The van der Waals surface area contributed by atoms with Gasteiger partial charge in [-0.05, 0) is 66.4 Å². The standard InChI is InChI=1S/C28H29FN2O3/c1-28(2,31-27(32)33-17-18-6-4-3-5-7-18)21-12-20(19-8-10-22(29)11-9-19)13-23(14-21)34-26-24-15-30-16-25(24)26/h3-14,24-26,30H,15-17H2,1-2H3,(H,31,32)/t24-,25+,26?. The van der Waals surface area contributed by atoms with Crippen molar-refractivity contribution in [2.24, 2.45) is 11.8 Å². The second-order valence-corrected chi connectivity index (χ2v) is 9.63. The van der Waals surface area contributed by atoms with Crippen molar-refractivity contribution in [3.8, 4) is 16.9 Å². The van der Waals surface area contributed by atoms with Crippen LogP contribution in [0.25, 0.3) is 11.1 Å². The molecule has 176 valence electrons. The van der Waals surface area contributed by atoms with Crippen LogP contribution in [0.2, 0.25) is 0 Å². The first-order valence-corrected chi connectivity index (χ1v) is 11.7. The lowest BCUT2D eigenvalue weighted by atomic mass is 9.91. The lowest BCUT2D eigenvalue weighted by Gasteiger charge is -2.28. The van der Waals surface area contributed by atoms with Gasteiger partial charge in [-0.25, -0.2) is 9.18 Å². The number of halogens is 1. The number of hydrogen-bond donors (Lipinski definition) is 2. The van der Waals surface area contributed by atoms with Crippen LogP contribution in [0.5, 0.6) is 5.75 Å². The van der Waals surface area contributed by atoms with E-state index < -0.39 is 11.6 Å². The number of fused-ring (bicyclic) bond motifs is 1. The van der Waals surface area contributed by atoms with Crippen molar-refractivity contribution in [3.63, 3.8) is 0 Å². The van der Waals surface area contributed by atoms with Crippen LogP contribution in [0.3, 0.4) is 0 Å². The van der Waals surface area contributed by atoms with Gasteiger partial charge in [-0.1, -0.05) is 42.5 Å². The van der Waals surface area contributed by atoms with E-state index in [0.717, 1.165) is 41.1 Å². The highest BCUT2D eigenvalue weighted by Crippen LogP contribution is 2.45. The van der Waals surface area contributed by atoms with E-state index in [9.17, 15) is 9.18 Å². The Kier molecular flexibility index (Phi) is 6.00. The maximum absolute atomic E-state index is 13.5. The van der Waals surface area contributed by atoms with E-state index in [-0.39, 0.29) is 18.5 Å². The van der Waals surface area contributed by atoms with Crippen molar-refractivity contribution >= 4 is 6.09 Å². The number of carbonyl (C=O) groups excluding carboxylic acids is 1. The molecular formula is C28H29FN2O3. The number of benzene rings is 3. The predicted octanol–water partition coefficient (Wildman–Crippen LogP) is 5.25. The maximum Gasteiger partial charge on any atom is 0.408 e. The third kappa shape index (κ3) is 4.92. The van der Waals surface area contributed by atoms with Gasteiger partial charge in [-0.3, -0.25) is 0 Å². The summed E-state index contributed by atoms with van der Waals surface area (Å²) in [5.41, 5.74) is 2.87. The van der Waals surface area contributed by atoms with Gasteiger partial charge in [0, 0.05) is 24.9 Å². The summed E-state index contributed by atoms with van der Waals surface area (Å²) in [5, 5.41) is 6.36. The Morgan fingerprint density at radius 3 is 2.41 bits per heavy atom. The molecule has 6 heteroatoms. The molecule has 0 radical (unpaired) electrons. The molecule has 1 heterocycles. The molecule has 3 atom stereocenters. The van der Waals surface area contributed by atoms with Gasteiger partial charge in [-0.2, -0.15) is 0 Å². The van der Waals surface area contributed by atoms with Gasteiger partial charge >= 0.3 is 6.09 Å². The van der Waals surface area contributed by atoms with E-state index in [0.29, 0.717) is 11.8 Å². The fraction of sp³-hybridized carbons (Fsp3) is 0.321. The number of ether oxygens (including phenoxy) is 2. The van der Waals surface area contributed by atoms with Gasteiger partial charge in [0.05, 0.1) is 5.54 Å². The normalized spacial score (nSPS) is 21.0. The minimum Gasteiger partial charge on any atom is -0.490 e. The second kappa shape index (κ2) is 9.11. The molecular weight excluding hydrogens is 431 g/mol. The van der Waals surface area contributed by atoms with Crippen LogP contribution in [0.1, 0.15) is 25.0 Å². The number of amides is 1. The molecule has 0 bridgehead atoms. The summed E-state index contributed by atoms with van der Waals surface area (Å²) >= 11 is 0. The Labute approximate surface area is 199 Å². The quantitative estimate of drug-likeness (QED) is 0.506. The molecule has 1 aliphatic carbocycles. The van der Waals surface area contributed by atoms with Crippen molar-refractivity contribution in [2.75, 3.05) is 13.1 Å². The molecule has 5 rings (SSSR count). The molecule has 1 saturated carbocycles. The third-order valence-electron chi connectivity index (χ3n) is 6.72. The molecule has 34 heavy (non-hydrogen) atoms. The SMILES string of the molecule is CC(C)(NC(=O)OCc1ccccc1)c1cc(OC2[C@H]3CNC[C@@H]23)cc(-c2ccc(F)cc2)c1. The molecule has 1 amide bonds. The maximum atomic E-state index is 13.5. The highest BCUT2D eigenvalue weighted by molar-refractivity contribution is 5.70. The summed E-state index contributed by atoms with van der Waals surface area (Å²) in [5.74, 6) is 1.58. The summed E-state index contributed by atoms with van der Waals surface area (Å²) in [4.78, 5) is 12.6. The first-order chi connectivity index (χ1) is 16.4. The molecule has 0 aromatic heterocycles. The van der Waals surface area contributed by atoms with Crippen molar-refractivity contribution in [1.82, 2.24) is 10.6 Å². The van der Waals surface area contributed by atoms with Gasteiger partial charge in [0.1, 0.15) is 24.3 Å². The molecule has 1 aliphatic heterocycles. The van der Waals surface area contributed by atoms with E-state index in [2.05, 4.69) is 10.6 Å². The number of alkyl carbamates (subject to hydrolysis) is 1. The fourth-order valence-corrected chi connectivity index (χ4v) is 4.62. The Morgan fingerprint density at radius 1 is 1.00 bits per heavy atom. The van der Waals surface area contributed by atoms with Crippen LogP contribution in [-0.2, 0) is 16.9 Å². The topological polar surface area (TPSA) is 59.6 Å². The molecule has 2 fully saturated rings. The highest BCUT2D eigenvalue weighted by atomic mass is 19.1. The molecule has 3 aromatic carbocycles. The molecule has 2 N–H and O–H groups in total. The van der Waals surface area contributed by atoms with Gasteiger partial charge in [0.25, 0.3) is 0 Å². The number of piperidine rings is 1. The zero-order valence-corrected chi connectivity index (χ0v) is 19.4. The Morgan fingerprint density at radius 2 is 1.71 bits per heavy atom. The van der Waals surface area contributed by atoms with Crippen LogP contribution in [0, 0.1) is 17.7 Å². The average molecular weight is 461 g/mol. The second-order valence-electron chi connectivity index (χ2n) is 9.63. The van der Waals surface area contributed by atoms with Crippen LogP contribution in [0.15, 0.2) is 72.8 Å². The Hall–Kier alpha value is -3.38. The number of carbonyl (C=O) groups is 1. The molecule has 3 aromatic rings. The third-order valence-corrected chi connectivity index (χ3v) is 6.72. The lowest BCUT2D eigenvalue weighted by Crippen LogP contribution is -2.41. The van der Waals surface area contributed by atoms with E-state index in [1.807, 2.05) is 62.4 Å². The lowest BCUT2D eigenvalue weighted by molar-refractivity contribution is 0.129. The molecule has 0 spiro atoms. The smallest absolute Gasteiger partial charge is 0.408 e. The summed E-state index contributed by atoms with van der Waals surface area (Å²) in [7, 11) is 0. The molecule has 1 unspecified atom stereocenters. The van der Waals surface area contributed by atoms with Gasteiger partial charge < -0.3 is 20.1 Å². The minimum atomic E-state index is -0.719. The molecule has 1 saturated heterocycles. The van der Waals surface area contributed by atoms with Crippen LogP contribution in [0.4, 0.5) is 9.18 Å². The van der Waals surface area contributed by atoms with Gasteiger partial charge in [0.15, 0.2) is 0 Å². The van der Waals surface area contributed by atoms with Crippen molar-refractivity contribution < 1.29 is 18.7 Å². The summed E-state index contributed by atoms with van der Waals surface area (Å²) < 4.78 is 25.3. The number of rotatable bonds is 7. The Bertz CT molecular complexity index is 1150. The molecule has 5 nitrogen and oxygen atoms in total. The summed E-state index contributed by atoms with van der Waals surface area (Å²) in [6, 6.07) is 21.9. The zero-order valence-electron chi connectivity index (χ0n) is 19.4. The number of hydrogen-bond acceptors (Lipinski definition) is 4. The first-order valence-electron chi connectivity index (χ1n) is 11.7.